The smallest absolute Gasteiger partial charge is 0.123 e. The molecular formula is C13H15ClFN3. The summed E-state index contributed by atoms with van der Waals surface area (Å²) in [6.07, 6.45) is 4.36. The molecule has 1 atom stereocenters. The van der Waals surface area contributed by atoms with E-state index in [0.717, 1.165) is 11.1 Å². The molecule has 3 nitrogen and oxygen atoms in total. The van der Waals surface area contributed by atoms with Crippen LogP contribution in [0.1, 0.15) is 17.2 Å². The highest BCUT2D eigenvalue weighted by Gasteiger charge is 2.14. The van der Waals surface area contributed by atoms with E-state index in [4.69, 9.17) is 11.6 Å². The van der Waals surface area contributed by atoms with E-state index in [9.17, 15) is 4.39 Å². The molecule has 0 saturated carbocycles. The molecule has 1 aromatic heterocycles. The summed E-state index contributed by atoms with van der Waals surface area (Å²) in [5.41, 5.74) is 1.85. The van der Waals surface area contributed by atoms with Crippen molar-refractivity contribution in [2.45, 2.75) is 12.5 Å². The van der Waals surface area contributed by atoms with Crippen LogP contribution in [0.2, 0.25) is 5.02 Å². The maximum absolute atomic E-state index is 13.2. The predicted octanol–water partition coefficient (Wildman–Crippen LogP) is 2.72. The van der Waals surface area contributed by atoms with E-state index < -0.39 is 0 Å². The van der Waals surface area contributed by atoms with Crippen LogP contribution in [0.5, 0.6) is 0 Å². The Hall–Kier alpha value is -1.39. The van der Waals surface area contributed by atoms with E-state index in [1.54, 1.807) is 16.9 Å². The third kappa shape index (κ3) is 2.89. The van der Waals surface area contributed by atoms with Crippen molar-refractivity contribution in [3.05, 3.63) is 52.6 Å². The normalized spacial score (nSPS) is 12.7. The Morgan fingerprint density at radius 3 is 2.89 bits per heavy atom. The molecule has 1 aromatic carbocycles. The van der Waals surface area contributed by atoms with Gasteiger partial charge in [-0.15, -0.1) is 0 Å². The van der Waals surface area contributed by atoms with Crippen molar-refractivity contribution in [3.63, 3.8) is 0 Å². The number of aromatic nitrogens is 2. The van der Waals surface area contributed by atoms with E-state index in [-0.39, 0.29) is 11.9 Å². The van der Waals surface area contributed by atoms with Crippen LogP contribution in [0.15, 0.2) is 30.6 Å². The molecule has 1 heterocycles. The highest BCUT2D eigenvalue weighted by atomic mass is 35.5. The van der Waals surface area contributed by atoms with Crippen molar-refractivity contribution in [2.75, 3.05) is 7.05 Å². The highest BCUT2D eigenvalue weighted by molar-refractivity contribution is 6.31. The summed E-state index contributed by atoms with van der Waals surface area (Å²) in [7, 11) is 3.73. The third-order valence-corrected chi connectivity index (χ3v) is 3.28. The Kier molecular flexibility index (Phi) is 3.99. The molecular weight excluding hydrogens is 253 g/mol. The van der Waals surface area contributed by atoms with Gasteiger partial charge in [-0.2, -0.15) is 5.10 Å². The summed E-state index contributed by atoms with van der Waals surface area (Å²) in [6, 6.07) is 4.49. The molecule has 18 heavy (non-hydrogen) atoms. The first-order chi connectivity index (χ1) is 8.60. The molecule has 0 fully saturated rings. The number of hydrogen-bond acceptors (Lipinski definition) is 2. The van der Waals surface area contributed by atoms with Gasteiger partial charge in [-0.05, 0) is 37.2 Å². The van der Waals surface area contributed by atoms with Crippen LogP contribution in [-0.4, -0.2) is 16.8 Å². The van der Waals surface area contributed by atoms with Gasteiger partial charge in [0.25, 0.3) is 0 Å². The largest absolute Gasteiger partial charge is 0.313 e. The summed E-state index contributed by atoms with van der Waals surface area (Å²) < 4.78 is 15.0. The monoisotopic (exact) mass is 267 g/mol. The van der Waals surface area contributed by atoms with Crippen LogP contribution in [0, 0.1) is 5.82 Å². The Balaban J connectivity index is 2.22. The van der Waals surface area contributed by atoms with E-state index in [0.29, 0.717) is 11.4 Å². The summed E-state index contributed by atoms with van der Waals surface area (Å²) in [5, 5.41) is 7.91. The maximum atomic E-state index is 13.2. The van der Waals surface area contributed by atoms with Crippen LogP contribution in [0.3, 0.4) is 0 Å². The molecule has 0 aliphatic heterocycles. The Morgan fingerprint density at radius 2 is 2.28 bits per heavy atom. The van der Waals surface area contributed by atoms with Gasteiger partial charge in [-0.3, -0.25) is 4.68 Å². The lowest BCUT2D eigenvalue weighted by molar-refractivity contribution is 0.583. The quantitative estimate of drug-likeness (QED) is 0.923. The molecule has 1 unspecified atom stereocenters. The van der Waals surface area contributed by atoms with Gasteiger partial charge in [-0.25, -0.2) is 4.39 Å². The van der Waals surface area contributed by atoms with Crippen molar-refractivity contribution in [1.29, 1.82) is 0 Å². The first-order valence-corrected chi connectivity index (χ1v) is 6.07. The minimum absolute atomic E-state index is 0.0676. The minimum atomic E-state index is -0.268. The number of aryl methyl sites for hydroxylation is 1. The lowest BCUT2D eigenvalue weighted by Gasteiger charge is -2.15. The fourth-order valence-corrected chi connectivity index (χ4v) is 2.12. The molecule has 0 aliphatic rings. The average molecular weight is 268 g/mol. The molecule has 96 valence electrons. The molecule has 5 heteroatoms. The molecule has 0 aliphatic carbocycles. The lowest BCUT2D eigenvalue weighted by Crippen LogP contribution is -2.18. The summed E-state index contributed by atoms with van der Waals surface area (Å²) in [6.45, 7) is 0. The van der Waals surface area contributed by atoms with E-state index in [1.807, 2.05) is 20.3 Å². The van der Waals surface area contributed by atoms with Crippen molar-refractivity contribution >= 4 is 11.6 Å². The van der Waals surface area contributed by atoms with Gasteiger partial charge in [0, 0.05) is 29.9 Å². The number of nitrogens with zero attached hydrogens (tertiary/aromatic N) is 2. The zero-order valence-corrected chi connectivity index (χ0v) is 11.1. The Bertz CT molecular complexity index is 539. The molecule has 0 bridgehead atoms. The topological polar surface area (TPSA) is 29.9 Å². The van der Waals surface area contributed by atoms with Crippen LogP contribution < -0.4 is 5.32 Å². The summed E-state index contributed by atoms with van der Waals surface area (Å²) in [5.74, 6) is -0.268. The number of halogens is 2. The second-order valence-corrected chi connectivity index (χ2v) is 4.64. The molecule has 1 N–H and O–H groups in total. The Morgan fingerprint density at radius 1 is 1.50 bits per heavy atom. The van der Waals surface area contributed by atoms with Crippen LogP contribution >= 0.6 is 11.6 Å². The van der Waals surface area contributed by atoms with Crippen molar-refractivity contribution in [3.8, 4) is 0 Å². The van der Waals surface area contributed by atoms with Gasteiger partial charge in [0.15, 0.2) is 0 Å². The van der Waals surface area contributed by atoms with Crippen LogP contribution in [-0.2, 0) is 13.5 Å². The van der Waals surface area contributed by atoms with Crippen molar-refractivity contribution < 1.29 is 4.39 Å². The number of rotatable bonds is 4. The van der Waals surface area contributed by atoms with E-state index >= 15 is 0 Å². The van der Waals surface area contributed by atoms with Gasteiger partial charge in [0.05, 0.1) is 6.20 Å². The maximum Gasteiger partial charge on any atom is 0.123 e. The number of hydrogen-bond donors (Lipinski definition) is 1. The zero-order valence-electron chi connectivity index (χ0n) is 10.3. The SMILES string of the molecule is CNC(Cc1cc(F)ccc1Cl)c1cnn(C)c1. The average Bonchev–Trinajstić information content (AvgIpc) is 2.77. The first-order valence-electron chi connectivity index (χ1n) is 5.70. The number of benzene rings is 1. The number of nitrogens with one attached hydrogen (secondary N) is 1. The van der Waals surface area contributed by atoms with Gasteiger partial charge in [0.1, 0.15) is 5.82 Å². The van der Waals surface area contributed by atoms with Crippen molar-refractivity contribution in [2.24, 2.45) is 7.05 Å². The minimum Gasteiger partial charge on any atom is -0.313 e. The van der Waals surface area contributed by atoms with Gasteiger partial charge < -0.3 is 5.32 Å². The van der Waals surface area contributed by atoms with Gasteiger partial charge >= 0.3 is 0 Å². The first kappa shape index (κ1) is 13.1. The standard InChI is InChI=1S/C13H15ClFN3/c1-16-13(10-7-17-18(2)8-10)6-9-5-11(15)3-4-12(9)14/h3-5,7-8,13,16H,6H2,1-2H3. The fourth-order valence-electron chi connectivity index (χ4n) is 1.93. The second kappa shape index (κ2) is 5.50. The molecule has 0 amide bonds. The summed E-state index contributed by atoms with van der Waals surface area (Å²) in [4.78, 5) is 0. The van der Waals surface area contributed by atoms with E-state index in [2.05, 4.69) is 10.4 Å². The second-order valence-electron chi connectivity index (χ2n) is 4.23. The lowest BCUT2D eigenvalue weighted by atomic mass is 10.0. The third-order valence-electron chi connectivity index (χ3n) is 2.91. The molecule has 2 rings (SSSR count). The zero-order chi connectivity index (χ0) is 13.1. The molecule has 0 radical (unpaired) electrons. The van der Waals surface area contributed by atoms with Crippen molar-refractivity contribution in [1.82, 2.24) is 15.1 Å². The molecule has 0 spiro atoms. The molecule has 2 aromatic rings. The summed E-state index contributed by atoms with van der Waals surface area (Å²) >= 11 is 6.07. The molecule has 0 saturated heterocycles. The number of likely N-dealkylation sites (N-methyl/N-ethyl adjacent to an activating group) is 1. The van der Waals surface area contributed by atoms with Gasteiger partial charge in [0.2, 0.25) is 0 Å². The van der Waals surface area contributed by atoms with E-state index in [1.165, 1.54) is 12.1 Å². The van der Waals surface area contributed by atoms with Gasteiger partial charge in [-0.1, -0.05) is 11.6 Å². The van der Waals surface area contributed by atoms with Crippen LogP contribution in [0.25, 0.3) is 0 Å². The predicted molar refractivity (Wildman–Crippen MR) is 70.1 cm³/mol. The Labute approximate surface area is 111 Å². The van der Waals surface area contributed by atoms with Crippen LogP contribution in [0.4, 0.5) is 4.39 Å². The fraction of sp³-hybridized carbons (Fsp3) is 0.308. The highest BCUT2D eigenvalue weighted by Crippen LogP contribution is 2.23.